The van der Waals surface area contributed by atoms with Crippen LogP contribution >= 0.6 is 47.8 Å². The van der Waals surface area contributed by atoms with Gasteiger partial charge >= 0.3 is 0 Å². The van der Waals surface area contributed by atoms with E-state index in [4.69, 9.17) is 9.47 Å². The lowest BCUT2D eigenvalue weighted by Crippen LogP contribution is -2.17. The predicted octanol–water partition coefficient (Wildman–Crippen LogP) is 5.36. The maximum absolute atomic E-state index is 5.73. The van der Waals surface area contributed by atoms with Gasteiger partial charge < -0.3 is 14.8 Å². The Balaban J connectivity index is 1.83. The van der Waals surface area contributed by atoms with Crippen LogP contribution < -0.4 is 14.8 Å². The summed E-state index contributed by atoms with van der Waals surface area (Å²) in [6, 6.07) is 9.97. The van der Waals surface area contributed by atoms with Gasteiger partial charge in [-0.15, -0.1) is 0 Å². The lowest BCUT2D eigenvalue weighted by molar-refractivity contribution is 0.170. The van der Waals surface area contributed by atoms with Crippen LogP contribution in [0.15, 0.2) is 43.7 Å². The number of hydrogen-bond acceptors (Lipinski definition) is 3. The molecule has 1 heterocycles. The highest BCUT2D eigenvalue weighted by Crippen LogP contribution is 2.37. The van der Waals surface area contributed by atoms with E-state index < -0.39 is 0 Å². The quantitative estimate of drug-likeness (QED) is 0.645. The van der Waals surface area contributed by atoms with E-state index in [1.165, 1.54) is 0 Å². The van der Waals surface area contributed by atoms with Crippen molar-refractivity contribution in [3.63, 3.8) is 0 Å². The molecule has 0 saturated heterocycles. The van der Waals surface area contributed by atoms with Crippen LogP contribution in [0.5, 0.6) is 11.5 Å². The molecule has 0 unspecified atom stereocenters. The van der Waals surface area contributed by atoms with Gasteiger partial charge in [0.15, 0.2) is 11.5 Å². The molecule has 0 fully saturated rings. The SMILES string of the molecule is Brc1cc(Br)c(NCc2cccc3c2OCCO3)c(Br)c1. The molecule has 0 radical (unpaired) electrons. The number of nitrogens with one attached hydrogen (secondary N) is 1. The first-order valence-corrected chi connectivity index (χ1v) is 8.79. The van der Waals surface area contributed by atoms with Gasteiger partial charge in [-0.05, 0) is 50.1 Å². The molecule has 0 spiro atoms. The molecule has 1 aliphatic rings. The summed E-state index contributed by atoms with van der Waals surface area (Å²) in [5, 5.41) is 3.42. The van der Waals surface area contributed by atoms with Gasteiger partial charge in [-0.1, -0.05) is 28.1 Å². The number of ether oxygens (including phenoxy) is 2. The van der Waals surface area contributed by atoms with Gasteiger partial charge in [-0.3, -0.25) is 0 Å². The van der Waals surface area contributed by atoms with Crippen LogP contribution in [0.1, 0.15) is 5.56 Å². The summed E-state index contributed by atoms with van der Waals surface area (Å²) in [7, 11) is 0. The van der Waals surface area contributed by atoms with E-state index in [1.54, 1.807) is 0 Å². The summed E-state index contributed by atoms with van der Waals surface area (Å²) in [4.78, 5) is 0. The molecule has 1 N–H and O–H groups in total. The molecule has 1 aliphatic heterocycles. The Kier molecular flexibility index (Phi) is 4.76. The van der Waals surface area contributed by atoms with Crippen molar-refractivity contribution in [2.24, 2.45) is 0 Å². The highest BCUT2D eigenvalue weighted by atomic mass is 79.9. The van der Waals surface area contributed by atoms with Crippen molar-refractivity contribution in [1.29, 1.82) is 0 Å². The van der Waals surface area contributed by atoms with E-state index in [0.717, 1.165) is 36.2 Å². The number of rotatable bonds is 3. The lowest BCUT2D eigenvalue weighted by Gasteiger charge is -2.21. The van der Waals surface area contributed by atoms with E-state index in [-0.39, 0.29) is 0 Å². The normalized spacial score (nSPS) is 13.1. The second-order valence-corrected chi connectivity index (χ2v) is 7.16. The fraction of sp³-hybridized carbons (Fsp3) is 0.200. The van der Waals surface area contributed by atoms with Crippen LogP contribution in [0.2, 0.25) is 0 Å². The van der Waals surface area contributed by atoms with Crippen LogP contribution in [0.25, 0.3) is 0 Å². The molecule has 21 heavy (non-hydrogen) atoms. The maximum Gasteiger partial charge on any atom is 0.166 e. The minimum absolute atomic E-state index is 0.593. The van der Waals surface area contributed by atoms with Gasteiger partial charge in [0.2, 0.25) is 0 Å². The van der Waals surface area contributed by atoms with Crippen molar-refractivity contribution in [2.45, 2.75) is 6.54 Å². The number of anilines is 1. The molecule has 0 bridgehead atoms. The summed E-state index contributed by atoms with van der Waals surface area (Å²) >= 11 is 10.6. The Hall–Kier alpha value is -0.720. The molecule has 0 aromatic heterocycles. The Morgan fingerprint density at radius 2 is 1.71 bits per heavy atom. The number of benzene rings is 2. The van der Waals surface area contributed by atoms with E-state index >= 15 is 0 Å². The Bertz CT molecular complexity index is 653. The summed E-state index contributed by atoms with van der Waals surface area (Å²) in [5.74, 6) is 1.65. The zero-order valence-electron chi connectivity index (χ0n) is 11.0. The van der Waals surface area contributed by atoms with Crippen molar-refractivity contribution in [1.82, 2.24) is 0 Å². The lowest BCUT2D eigenvalue weighted by atomic mass is 10.1. The monoisotopic (exact) mass is 475 g/mol. The first-order chi connectivity index (χ1) is 10.1. The molecule has 3 rings (SSSR count). The zero-order chi connectivity index (χ0) is 14.8. The van der Waals surface area contributed by atoms with Crippen LogP contribution in [0.3, 0.4) is 0 Å². The standard InChI is InChI=1S/C15H12Br3NO2/c16-10-6-11(17)14(12(18)7-10)19-8-9-2-1-3-13-15(9)21-5-4-20-13/h1-3,6-7,19H,4-5,8H2. The van der Waals surface area contributed by atoms with E-state index in [1.807, 2.05) is 30.3 Å². The maximum atomic E-state index is 5.73. The van der Waals surface area contributed by atoms with Crippen molar-refractivity contribution in [3.05, 3.63) is 49.3 Å². The number of halogens is 3. The molecule has 110 valence electrons. The summed E-state index contributed by atoms with van der Waals surface area (Å²) < 4.78 is 14.3. The van der Waals surface area contributed by atoms with Crippen LogP contribution in [0, 0.1) is 0 Å². The minimum Gasteiger partial charge on any atom is -0.486 e. The van der Waals surface area contributed by atoms with Gasteiger partial charge in [0.25, 0.3) is 0 Å². The van der Waals surface area contributed by atoms with Gasteiger partial charge in [-0.2, -0.15) is 0 Å². The molecule has 0 atom stereocenters. The molecule has 0 aliphatic carbocycles. The minimum atomic E-state index is 0.593. The third-order valence-electron chi connectivity index (χ3n) is 3.11. The van der Waals surface area contributed by atoms with E-state index in [0.29, 0.717) is 19.8 Å². The third kappa shape index (κ3) is 3.38. The topological polar surface area (TPSA) is 30.5 Å². The van der Waals surface area contributed by atoms with Crippen LogP contribution in [-0.2, 0) is 6.54 Å². The van der Waals surface area contributed by atoms with Crippen molar-refractivity contribution >= 4 is 53.5 Å². The van der Waals surface area contributed by atoms with Crippen molar-refractivity contribution in [3.8, 4) is 11.5 Å². The smallest absolute Gasteiger partial charge is 0.166 e. The number of fused-ring (bicyclic) bond motifs is 1. The largest absolute Gasteiger partial charge is 0.486 e. The first kappa shape index (κ1) is 15.2. The van der Waals surface area contributed by atoms with Gasteiger partial charge in [0, 0.05) is 25.5 Å². The molecule has 2 aromatic rings. The number of hydrogen-bond donors (Lipinski definition) is 1. The molecular weight excluding hydrogens is 466 g/mol. The van der Waals surface area contributed by atoms with E-state index in [2.05, 4.69) is 53.1 Å². The molecule has 2 aromatic carbocycles. The average molecular weight is 478 g/mol. The Morgan fingerprint density at radius 1 is 1.00 bits per heavy atom. The number of para-hydroxylation sites is 1. The van der Waals surface area contributed by atoms with Gasteiger partial charge in [0.1, 0.15) is 13.2 Å². The van der Waals surface area contributed by atoms with Gasteiger partial charge in [-0.25, -0.2) is 0 Å². The molecule has 6 heteroatoms. The fourth-order valence-corrected chi connectivity index (χ4v) is 4.71. The second-order valence-electron chi connectivity index (χ2n) is 4.54. The molecule has 0 saturated carbocycles. The summed E-state index contributed by atoms with van der Waals surface area (Å²) in [6.45, 7) is 1.86. The molecule has 3 nitrogen and oxygen atoms in total. The predicted molar refractivity (Wildman–Crippen MR) is 94.3 cm³/mol. The zero-order valence-corrected chi connectivity index (χ0v) is 15.7. The summed E-state index contributed by atoms with van der Waals surface area (Å²) in [6.07, 6.45) is 0. The van der Waals surface area contributed by atoms with Crippen molar-refractivity contribution < 1.29 is 9.47 Å². The highest BCUT2D eigenvalue weighted by molar-refractivity contribution is 9.11. The average Bonchev–Trinajstić information content (AvgIpc) is 2.46. The van der Waals surface area contributed by atoms with Crippen LogP contribution in [0.4, 0.5) is 5.69 Å². The Labute approximate surface area is 148 Å². The fourth-order valence-electron chi connectivity index (χ4n) is 2.17. The third-order valence-corrected chi connectivity index (χ3v) is 4.82. The second kappa shape index (κ2) is 6.58. The summed E-state index contributed by atoms with van der Waals surface area (Å²) in [5.41, 5.74) is 2.08. The first-order valence-electron chi connectivity index (χ1n) is 6.41. The molecule has 0 amide bonds. The van der Waals surface area contributed by atoms with Crippen molar-refractivity contribution in [2.75, 3.05) is 18.5 Å². The van der Waals surface area contributed by atoms with Gasteiger partial charge in [0.05, 0.1) is 5.69 Å². The van der Waals surface area contributed by atoms with E-state index in [9.17, 15) is 0 Å². The Morgan fingerprint density at radius 3 is 2.48 bits per heavy atom. The molecular formula is C15H12Br3NO2. The highest BCUT2D eigenvalue weighted by Gasteiger charge is 2.16. The van der Waals surface area contributed by atoms with Crippen LogP contribution in [-0.4, -0.2) is 13.2 Å².